The van der Waals surface area contributed by atoms with Gasteiger partial charge in [0.15, 0.2) is 5.78 Å². The molecule has 1 heterocycles. The zero-order chi connectivity index (χ0) is 14.9. The Hall–Kier alpha value is -1.67. The smallest absolute Gasteiger partial charge is 0.167 e. The monoisotopic (exact) mass is 293 g/mol. The first kappa shape index (κ1) is 14.0. The number of ketones is 1. The van der Waals surface area contributed by atoms with Crippen molar-refractivity contribution in [3.8, 4) is 0 Å². The second-order valence-electron chi connectivity index (χ2n) is 6.81. The summed E-state index contributed by atoms with van der Waals surface area (Å²) in [6.07, 6.45) is 6.23. The second kappa shape index (κ2) is 5.85. The van der Waals surface area contributed by atoms with Gasteiger partial charge in [-0.25, -0.2) is 0 Å². The number of piperidine rings is 1. The fourth-order valence-corrected chi connectivity index (χ4v) is 3.96. The Balaban J connectivity index is 1.59. The average molecular weight is 293 g/mol. The van der Waals surface area contributed by atoms with Crippen LogP contribution in [0.15, 0.2) is 42.5 Å². The van der Waals surface area contributed by atoms with E-state index in [0.29, 0.717) is 5.78 Å². The molecule has 2 aliphatic rings. The number of likely N-dealkylation sites (tertiary alicyclic amines) is 1. The molecule has 1 aliphatic heterocycles. The number of benzene rings is 2. The SMILES string of the molecule is O=C(c1cccc2ccccc12)[C@H]1CCCN(C2CCC2)C1. The van der Waals surface area contributed by atoms with E-state index in [-0.39, 0.29) is 5.92 Å². The maximum Gasteiger partial charge on any atom is 0.167 e. The lowest BCUT2D eigenvalue weighted by Crippen LogP contribution is -2.47. The Morgan fingerprint density at radius 1 is 0.955 bits per heavy atom. The fourth-order valence-electron chi connectivity index (χ4n) is 3.96. The molecule has 0 unspecified atom stereocenters. The van der Waals surface area contributed by atoms with Gasteiger partial charge in [-0.05, 0) is 43.0 Å². The van der Waals surface area contributed by atoms with Crippen molar-refractivity contribution in [1.82, 2.24) is 4.90 Å². The molecule has 2 aromatic carbocycles. The van der Waals surface area contributed by atoms with E-state index >= 15 is 0 Å². The largest absolute Gasteiger partial charge is 0.300 e. The zero-order valence-corrected chi connectivity index (χ0v) is 13.0. The standard InChI is InChI=1S/C20H23NO/c22-20(16-8-5-13-21(14-16)17-9-4-10-17)19-12-3-7-15-6-1-2-11-18(15)19/h1-3,6-7,11-12,16-17H,4-5,8-10,13-14H2/t16-/m0/s1. The fraction of sp³-hybridized carbons (Fsp3) is 0.450. The number of nitrogens with zero attached hydrogens (tertiary/aromatic N) is 1. The van der Waals surface area contributed by atoms with Crippen molar-refractivity contribution in [2.24, 2.45) is 5.92 Å². The lowest BCUT2D eigenvalue weighted by Gasteiger charge is -2.42. The van der Waals surface area contributed by atoms with Crippen LogP contribution in [-0.4, -0.2) is 29.8 Å². The molecule has 1 saturated carbocycles. The number of carbonyl (C=O) groups is 1. The van der Waals surface area contributed by atoms with E-state index in [2.05, 4.69) is 23.1 Å². The maximum absolute atomic E-state index is 13.1. The number of hydrogen-bond acceptors (Lipinski definition) is 2. The van der Waals surface area contributed by atoms with E-state index < -0.39 is 0 Å². The summed E-state index contributed by atoms with van der Waals surface area (Å²) in [7, 11) is 0. The number of Topliss-reactive ketones (excluding diaryl/α,β-unsaturated/α-hetero) is 1. The molecule has 0 spiro atoms. The van der Waals surface area contributed by atoms with Crippen molar-refractivity contribution < 1.29 is 4.79 Å². The van der Waals surface area contributed by atoms with Crippen LogP contribution in [0.4, 0.5) is 0 Å². The molecule has 0 amide bonds. The molecule has 0 N–H and O–H groups in total. The van der Waals surface area contributed by atoms with Crippen LogP contribution in [0.3, 0.4) is 0 Å². The van der Waals surface area contributed by atoms with Gasteiger partial charge in [0.25, 0.3) is 0 Å². The second-order valence-corrected chi connectivity index (χ2v) is 6.81. The van der Waals surface area contributed by atoms with Gasteiger partial charge in [-0.15, -0.1) is 0 Å². The van der Waals surface area contributed by atoms with Crippen LogP contribution in [0.25, 0.3) is 10.8 Å². The lowest BCUT2D eigenvalue weighted by molar-refractivity contribution is 0.0613. The van der Waals surface area contributed by atoms with Crippen LogP contribution < -0.4 is 0 Å². The summed E-state index contributed by atoms with van der Waals surface area (Å²) in [6.45, 7) is 2.15. The van der Waals surface area contributed by atoms with Crippen molar-refractivity contribution >= 4 is 16.6 Å². The molecule has 0 radical (unpaired) electrons. The van der Waals surface area contributed by atoms with Gasteiger partial charge in [-0.1, -0.05) is 48.9 Å². The molecule has 1 saturated heterocycles. The van der Waals surface area contributed by atoms with Gasteiger partial charge >= 0.3 is 0 Å². The molecule has 0 aromatic heterocycles. The maximum atomic E-state index is 13.1. The van der Waals surface area contributed by atoms with E-state index in [1.54, 1.807) is 0 Å². The highest BCUT2D eigenvalue weighted by molar-refractivity contribution is 6.09. The summed E-state index contributed by atoms with van der Waals surface area (Å²) in [5.74, 6) is 0.529. The quantitative estimate of drug-likeness (QED) is 0.787. The minimum Gasteiger partial charge on any atom is -0.300 e. The van der Waals surface area contributed by atoms with E-state index in [1.165, 1.54) is 31.2 Å². The van der Waals surface area contributed by atoms with Crippen molar-refractivity contribution in [3.05, 3.63) is 48.0 Å². The van der Waals surface area contributed by atoms with Gasteiger partial charge in [-0.3, -0.25) is 9.69 Å². The third-order valence-corrected chi connectivity index (χ3v) is 5.47. The predicted octanol–water partition coefficient (Wildman–Crippen LogP) is 4.29. The Morgan fingerprint density at radius 3 is 2.59 bits per heavy atom. The Labute approximate surface area is 132 Å². The van der Waals surface area contributed by atoms with Gasteiger partial charge < -0.3 is 0 Å². The minimum atomic E-state index is 0.181. The number of rotatable bonds is 3. The summed E-state index contributed by atoms with van der Waals surface area (Å²) >= 11 is 0. The Morgan fingerprint density at radius 2 is 1.77 bits per heavy atom. The molecule has 2 aromatic rings. The summed E-state index contributed by atoms with van der Waals surface area (Å²) in [5.41, 5.74) is 0.915. The average Bonchev–Trinajstić information content (AvgIpc) is 2.52. The Bertz CT molecular complexity index is 684. The first-order valence-electron chi connectivity index (χ1n) is 8.59. The number of fused-ring (bicyclic) bond motifs is 1. The van der Waals surface area contributed by atoms with E-state index in [1.807, 2.05) is 24.3 Å². The summed E-state index contributed by atoms with van der Waals surface area (Å²) in [5, 5.41) is 2.27. The minimum absolute atomic E-state index is 0.181. The third kappa shape index (κ3) is 2.46. The highest BCUT2D eigenvalue weighted by Crippen LogP contribution is 2.31. The molecular weight excluding hydrogens is 270 g/mol. The number of hydrogen-bond donors (Lipinski definition) is 0. The summed E-state index contributed by atoms with van der Waals surface area (Å²) < 4.78 is 0. The first-order chi connectivity index (χ1) is 10.8. The molecule has 2 fully saturated rings. The van der Waals surface area contributed by atoms with Crippen molar-refractivity contribution in [2.45, 2.75) is 38.1 Å². The Kier molecular flexibility index (Phi) is 3.71. The van der Waals surface area contributed by atoms with Crippen LogP contribution in [0.5, 0.6) is 0 Å². The summed E-state index contributed by atoms with van der Waals surface area (Å²) in [6, 6.07) is 15.1. The molecular formula is C20H23NO. The highest BCUT2D eigenvalue weighted by atomic mass is 16.1. The molecule has 0 bridgehead atoms. The van der Waals surface area contributed by atoms with Crippen LogP contribution in [0, 0.1) is 5.92 Å². The molecule has 1 atom stereocenters. The lowest BCUT2D eigenvalue weighted by atomic mass is 9.84. The van der Waals surface area contributed by atoms with Gasteiger partial charge in [-0.2, -0.15) is 0 Å². The summed E-state index contributed by atoms with van der Waals surface area (Å²) in [4.78, 5) is 15.6. The van der Waals surface area contributed by atoms with Crippen LogP contribution in [-0.2, 0) is 0 Å². The van der Waals surface area contributed by atoms with Crippen molar-refractivity contribution in [2.75, 3.05) is 13.1 Å². The molecule has 22 heavy (non-hydrogen) atoms. The molecule has 2 heteroatoms. The van der Waals surface area contributed by atoms with Crippen LogP contribution >= 0.6 is 0 Å². The van der Waals surface area contributed by atoms with Gasteiger partial charge in [0.05, 0.1) is 0 Å². The van der Waals surface area contributed by atoms with Crippen molar-refractivity contribution in [3.63, 3.8) is 0 Å². The predicted molar refractivity (Wildman–Crippen MR) is 90.2 cm³/mol. The van der Waals surface area contributed by atoms with Crippen LogP contribution in [0.1, 0.15) is 42.5 Å². The number of carbonyl (C=O) groups excluding carboxylic acids is 1. The third-order valence-electron chi connectivity index (χ3n) is 5.47. The van der Waals surface area contributed by atoms with Gasteiger partial charge in [0, 0.05) is 24.1 Å². The molecule has 114 valence electrons. The van der Waals surface area contributed by atoms with Crippen LogP contribution in [0.2, 0.25) is 0 Å². The van der Waals surface area contributed by atoms with Crippen molar-refractivity contribution in [1.29, 1.82) is 0 Å². The molecule has 2 nitrogen and oxygen atoms in total. The normalized spacial score (nSPS) is 23.4. The van der Waals surface area contributed by atoms with E-state index in [4.69, 9.17) is 0 Å². The highest BCUT2D eigenvalue weighted by Gasteiger charge is 2.32. The zero-order valence-electron chi connectivity index (χ0n) is 13.0. The topological polar surface area (TPSA) is 20.3 Å². The molecule has 4 rings (SSSR count). The molecule has 1 aliphatic carbocycles. The first-order valence-corrected chi connectivity index (χ1v) is 8.59. The van der Waals surface area contributed by atoms with Gasteiger partial charge in [0.2, 0.25) is 0 Å². The van der Waals surface area contributed by atoms with Gasteiger partial charge in [0.1, 0.15) is 0 Å². The van der Waals surface area contributed by atoms with E-state index in [0.717, 1.165) is 36.4 Å². The van der Waals surface area contributed by atoms with E-state index in [9.17, 15) is 4.79 Å².